The Morgan fingerprint density at radius 1 is 0.804 bits per heavy atom. The molecule has 2 aliphatic carbocycles. The monoisotopic (exact) mass is 1350 g/mol. The fourth-order valence-electron chi connectivity index (χ4n) is 11.9. The molecule has 1 unspecified atom stereocenters. The minimum absolute atomic E-state index is 0.0210. The number of aromatic nitrogens is 2. The molecule has 0 radical (unpaired) electrons. The molecule has 8 atom stereocenters. The van der Waals surface area contributed by atoms with Crippen LogP contribution in [0.15, 0.2) is 35.1 Å². The summed E-state index contributed by atoms with van der Waals surface area (Å²) in [7, 11) is 0.995. The highest BCUT2D eigenvalue weighted by Gasteiger charge is 2.56. The molecule has 6 amide bonds. The van der Waals surface area contributed by atoms with E-state index in [9.17, 15) is 62.6 Å². The molecule has 32 heteroatoms. The molecular formula is C65H73FN8O23. The van der Waals surface area contributed by atoms with Crippen LogP contribution in [0.4, 0.5) is 9.18 Å². The number of rotatable bonds is 25. The van der Waals surface area contributed by atoms with Gasteiger partial charge in [0, 0.05) is 62.9 Å². The standard InChI is InChI=1S/C65H73FN8O23/c1-7-65(87)42-22-46-54-40(26-74(46)60(83)41(42)28-91-63(65)85)53-44(17-16-38-32(2)43(66)23-45(73-54)52(38)53)72-51(81)29-89-31-71-49(79)24-69-48(78)25-70-64(86)92-27-36-15-18-47(39(21-36)59(82)68-20-19-67-50(80)30-90-37-13-11-9-8-10-12-14-37)96-62-58(95-35(5)77)56(94-34(4)76)55(93-33(3)75)57(97-62)61(84)88-6/h15,18,21-23,37,44,55-58,62,87H,7-11,13,16-17,19-20,24-31H2,1-6H3,(H,67,80)(H,68,82)(H,69,78)(H,70,86)(H,71,79)(H,72,81)/t37?,44-,55-,56-,57-,58+,62+,65-/m0/s1. The first-order chi connectivity index (χ1) is 46.4. The molecule has 0 bridgehead atoms. The quantitative estimate of drug-likeness (QED) is 0.0141. The van der Waals surface area contributed by atoms with E-state index in [0.717, 1.165) is 53.6 Å². The van der Waals surface area contributed by atoms with Crippen molar-refractivity contribution in [3.63, 3.8) is 0 Å². The van der Waals surface area contributed by atoms with E-state index in [4.69, 9.17) is 52.4 Å². The Balaban J connectivity index is 0.778. The second kappa shape index (κ2) is 31.6. The van der Waals surface area contributed by atoms with Crippen molar-refractivity contribution >= 4 is 76.4 Å². The number of cyclic esters (lactones) is 1. The lowest BCUT2D eigenvalue weighted by atomic mass is 9.81. The van der Waals surface area contributed by atoms with E-state index < -0.39 is 158 Å². The Morgan fingerprint density at radius 2 is 1.53 bits per heavy atom. The van der Waals surface area contributed by atoms with Gasteiger partial charge in [-0.2, -0.15) is 0 Å². The molecule has 31 nitrogen and oxygen atoms in total. The van der Waals surface area contributed by atoms with E-state index in [1.807, 2.05) is 0 Å². The Bertz CT molecular complexity index is 3940. The Kier molecular flexibility index (Phi) is 23.2. The van der Waals surface area contributed by atoms with Crippen LogP contribution in [0.3, 0.4) is 0 Å². The average molecular weight is 1350 g/mol. The number of carbonyl (C=O) groups excluding carboxylic acids is 11. The lowest BCUT2D eigenvalue weighted by Crippen LogP contribution is -2.64. The van der Waals surface area contributed by atoms with E-state index in [1.165, 1.54) is 28.8 Å². The molecule has 97 heavy (non-hydrogen) atoms. The summed E-state index contributed by atoms with van der Waals surface area (Å²) < 4.78 is 71.6. The van der Waals surface area contributed by atoms with Crippen LogP contribution >= 0.6 is 0 Å². The zero-order valence-corrected chi connectivity index (χ0v) is 53.9. The minimum Gasteiger partial charge on any atom is -0.467 e. The normalized spacial score (nSPS) is 21.1. The second-order valence-electron chi connectivity index (χ2n) is 23.2. The molecule has 1 saturated heterocycles. The van der Waals surface area contributed by atoms with Crippen LogP contribution in [-0.4, -0.2) is 170 Å². The molecule has 9 rings (SSSR count). The molecule has 1 fully saturated rings. The number of fused-ring (bicyclic) bond motifs is 5. The summed E-state index contributed by atoms with van der Waals surface area (Å²) in [5.74, 6) is -3.10. The van der Waals surface area contributed by atoms with Gasteiger partial charge in [-0.15, -0.1) is 5.92 Å². The maximum atomic E-state index is 15.4. The Labute approximate surface area is 553 Å². The van der Waals surface area contributed by atoms with Gasteiger partial charge in [-0.1, -0.05) is 25.3 Å². The van der Waals surface area contributed by atoms with E-state index in [0.29, 0.717) is 58.3 Å². The van der Waals surface area contributed by atoms with Crippen LogP contribution in [0.1, 0.15) is 128 Å². The lowest BCUT2D eigenvalue weighted by molar-refractivity contribution is -0.282. The van der Waals surface area contributed by atoms with Gasteiger partial charge in [-0.25, -0.2) is 23.8 Å². The molecule has 0 spiro atoms. The van der Waals surface area contributed by atoms with Crippen molar-refractivity contribution in [2.24, 2.45) is 0 Å². The number of benzene rings is 2. The number of carbonyl (C=O) groups is 11. The number of esters is 5. The van der Waals surface area contributed by atoms with Crippen LogP contribution in [0.25, 0.3) is 22.3 Å². The molecule has 518 valence electrons. The third-order valence-corrected chi connectivity index (χ3v) is 16.6. The van der Waals surface area contributed by atoms with Gasteiger partial charge in [-0.3, -0.25) is 43.2 Å². The van der Waals surface area contributed by atoms with E-state index in [2.05, 4.69) is 43.7 Å². The van der Waals surface area contributed by atoms with Crippen LogP contribution in [0.5, 0.6) is 5.75 Å². The van der Waals surface area contributed by atoms with E-state index in [1.54, 1.807) is 19.9 Å². The van der Waals surface area contributed by atoms with Crippen molar-refractivity contribution in [1.82, 2.24) is 41.5 Å². The molecule has 5 heterocycles. The number of aryl methyl sites for hydroxylation is 1. The van der Waals surface area contributed by atoms with Gasteiger partial charge in [-0.05, 0) is 85.9 Å². The first-order valence-electron chi connectivity index (χ1n) is 31.2. The van der Waals surface area contributed by atoms with Crippen molar-refractivity contribution in [2.75, 3.05) is 53.2 Å². The highest BCUT2D eigenvalue weighted by atomic mass is 19.1. The maximum absolute atomic E-state index is 15.4. The summed E-state index contributed by atoms with van der Waals surface area (Å²) in [4.78, 5) is 160. The summed E-state index contributed by atoms with van der Waals surface area (Å²) in [6.07, 6.45) is -5.56. The summed E-state index contributed by atoms with van der Waals surface area (Å²) in [5, 5.41) is 27.2. The number of methoxy groups -OCH3 is 1. The zero-order valence-electron chi connectivity index (χ0n) is 53.9. The molecule has 4 aromatic rings. The second-order valence-corrected chi connectivity index (χ2v) is 23.2. The summed E-state index contributed by atoms with van der Waals surface area (Å²) in [6, 6.07) is 5.96. The number of amides is 6. The molecular weight excluding hydrogens is 1280 g/mol. The number of nitrogens with one attached hydrogen (secondary N) is 6. The van der Waals surface area contributed by atoms with Crippen LogP contribution in [0.2, 0.25) is 0 Å². The zero-order chi connectivity index (χ0) is 69.8. The Morgan fingerprint density at radius 3 is 2.27 bits per heavy atom. The highest BCUT2D eigenvalue weighted by Crippen LogP contribution is 2.46. The number of ether oxygens (including phenoxy) is 10. The topological polar surface area (TPSA) is 407 Å². The minimum atomic E-state index is -2.08. The van der Waals surface area contributed by atoms with Crippen LogP contribution in [0, 0.1) is 24.6 Å². The molecule has 2 aromatic heterocycles. The fraction of sp³-hybridized carbons (Fsp3) is 0.492. The van der Waals surface area contributed by atoms with Crippen molar-refractivity contribution in [2.45, 2.75) is 154 Å². The third-order valence-electron chi connectivity index (χ3n) is 16.6. The van der Waals surface area contributed by atoms with Crippen LogP contribution < -0.4 is 42.2 Å². The van der Waals surface area contributed by atoms with Crippen molar-refractivity contribution in [3.8, 4) is 29.0 Å². The van der Waals surface area contributed by atoms with Gasteiger partial charge < -0.3 is 88.9 Å². The number of pyridine rings is 2. The van der Waals surface area contributed by atoms with Gasteiger partial charge in [0.15, 0.2) is 23.9 Å². The number of nitrogens with zero attached hydrogens (tertiary/aromatic N) is 2. The van der Waals surface area contributed by atoms with Gasteiger partial charge in [0.1, 0.15) is 57.4 Å². The average Bonchev–Trinajstić information content (AvgIpc) is 1.60. The fourth-order valence-corrected chi connectivity index (χ4v) is 11.9. The van der Waals surface area contributed by atoms with Gasteiger partial charge >= 0.3 is 35.9 Å². The third kappa shape index (κ3) is 16.8. The molecule has 2 aromatic carbocycles. The molecule has 3 aliphatic heterocycles. The molecule has 5 aliphatic rings. The Hall–Kier alpha value is -10.1. The SMILES string of the molecule is CC[C@@]1(O)C(=O)OCc2c1cc1n(c2=O)Cc2c-1nc1cc(F)c(C)c3c1c2[C@@H](NC(=O)COCNC(=O)CNC(=O)CNC(=O)OCc1ccc(O[C@@H]2O[C@H](C(=O)OC)[C@@H](OC(C)=O)[C@H](OC(C)=O)[C@H]2OC(C)=O)c(C(=O)NCCNC(=O)COC2C#CCCCCC2)c1)CC3. The summed E-state index contributed by atoms with van der Waals surface area (Å²) >= 11 is 0. The van der Waals surface area contributed by atoms with Crippen LogP contribution in [-0.2, 0) is 118 Å². The van der Waals surface area contributed by atoms with Gasteiger partial charge in [0.25, 0.3) is 11.5 Å². The molecule has 7 N–H and O–H groups in total. The van der Waals surface area contributed by atoms with Gasteiger partial charge in [0.2, 0.25) is 36.0 Å². The largest absolute Gasteiger partial charge is 0.467 e. The summed E-state index contributed by atoms with van der Waals surface area (Å²) in [5.41, 5.74) is 0.726. The van der Waals surface area contributed by atoms with Gasteiger partial charge in [0.05, 0.1) is 54.3 Å². The number of hydrogen-bond acceptors (Lipinski definition) is 24. The number of aliphatic hydroxyl groups is 1. The van der Waals surface area contributed by atoms with Crippen molar-refractivity contribution in [3.05, 3.63) is 91.0 Å². The molecule has 0 saturated carbocycles. The van der Waals surface area contributed by atoms with Crippen molar-refractivity contribution < 1.29 is 110 Å². The highest BCUT2D eigenvalue weighted by molar-refractivity contribution is 5.97. The number of alkyl carbamates (subject to hydrolysis) is 1. The number of hydrogen-bond donors (Lipinski definition) is 7. The van der Waals surface area contributed by atoms with Crippen molar-refractivity contribution in [1.29, 1.82) is 0 Å². The lowest BCUT2D eigenvalue weighted by Gasteiger charge is -2.43. The predicted octanol–water partition coefficient (Wildman–Crippen LogP) is 1.03. The van der Waals surface area contributed by atoms with E-state index >= 15 is 4.39 Å². The summed E-state index contributed by atoms with van der Waals surface area (Å²) in [6.45, 7) is 2.58. The first kappa shape index (κ1) is 71.2. The smallest absolute Gasteiger partial charge is 0.407 e. The van der Waals surface area contributed by atoms with E-state index in [-0.39, 0.29) is 72.8 Å². The maximum Gasteiger partial charge on any atom is 0.407 e. The predicted molar refractivity (Wildman–Crippen MR) is 329 cm³/mol. The number of halogens is 1. The first-order valence-corrected chi connectivity index (χ1v) is 31.2.